The molecule has 1 aliphatic carbocycles. The molecule has 3 N–H and O–H groups in total. The van der Waals surface area contributed by atoms with E-state index < -0.39 is 0 Å². The van der Waals surface area contributed by atoms with Crippen LogP contribution in [-0.4, -0.2) is 16.9 Å². The first-order valence-electron chi connectivity index (χ1n) is 9.73. The molecule has 0 unspecified atom stereocenters. The first kappa shape index (κ1) is 19.8. The number of carbonyl (C=O) groups excluding carboxylic acids is 2. The van der Waals surface area contributed by atoms with E-state index in [1.807, 2.05) is 72.8 Å². The van der Waals surface area contributed by atoms with Crippen molar-refractivity contribution in [1.82, 2.24) is 16.2 Å². The molecule has 0 spiro atoms. The summed E-state index contributed by atoms with van der Waals surface area (Å²) in [6.45, 7) is 0. The topological polar surface area (TPSA) is 70.2 Å². The van der Waals surface area contributed by atoms with E-state index in [2.05, 4.69) is 16.2 Å². The molecule has 0 heterocycles. The molecule has 0 radical (unpaired) electrons. The van der Waals surface area contributed by atoms with Crippen molar-refractivity contribution in [2.24, 2.45) is 5.92 Å². The second kappa shape index (κ2) is 8.88. The number of hydrazine groups is 1. The van der Waals surface area contributed by atoms with Crippen LogP contribution in [0.2, 0.25) is 0 Å². The maximum Gasteiger partial charge on any atom is 0.257 e. The van der Waals surface area contributed by atoms with E-state index in [4.69, 9.17) is 12.2 Å². The fourth-order valence-corrected chi connectivity index (χ4v) is 3.56. The SMILES string of the molecule is O=C(NC(=S)NNC(=O)[C@@H]1C[C@@H]1c1ccccc1)c1ccc(-c2ccccc2)cc1. The molecular formula is C24H21N3O2S. The summed E-state index contributed by atoms with van der Waals surface area (Å²) < 4.78 is 0. The number of benzene rings is 3. The fraction of sp³-hybridized carbons (Fsp3) is 0.125. The van der Waals surface area contributed by atoms with E-state index in [0.29, 0.717) is 5.56 Å². The molecule has 4 rings (SSSR count). The number of amides is 2. The molecule has 2 amide bonds. The molecule has 5 nitrogen and oxygen atoms in total. The molecule has 0 aromatic heterocycles. The van der Waals surface area contributed by atoms with Crippen LogP contribution in [-0.2, 0) is 4.79 Å². The normalized spacial score (nSPS) is 16.9. The van der Waals surface area contributed by atoms with Gasteiger partial charge in [-0.3, -0.25) is 25.8 Å². The van der Waals surface area contributed by atoms with Gasteiger partial charge in [-0.25, -0.2) is 0 Å². The summed E-state index contributed by atoms with van der Waals surface area (Å²) in [6, 6.07) is 27.1. The van der Waals surface area contributed by atoms with Crippen LogP contribution in [0, 0.1) is 5.92 Å². The summed E-state index contributed by atoms with van der Waals surface area (Å²) in [7, 11) is 0. The zero-order valence-electron chi connectivity index (χ0n) is 16.2. The second-order valence-corrected chi connectivity index (χ2v) is 7.61. The highest BCUT2D eigenvalue weighted by Crippen LogP contribution is 2.47. The van der Waals surface area contributed by atoms with Gasteiger partial charge in [-0.15, -0.1) is 0 Å². The van der Waals surface area contributed by atoms with Crippen molar-refractivity contribution in [1.29, 1.82) is 0 Å². The number of hydrogen-bond donors (Lipinski definition) is 3. The van der Waals surface area contributed by atoms with Gasteiger partial charge in [0.1, 0.15) is 0 Å². The Morgan fingerprint density at radius 3 is 2.03 bits per heavy atom. The Balaban J connectivity index is 1.25. The minimum absolute atomic E-state index is 0.0531. The number of rotatable bonds is 4. The van der Waals surface area contributed by atoms with Gasteiger partial charge < -0.3 is 0 Å². The molecule has 1 aliphatic rings. The minimum atomic E-state index is -0.338. The van der Waals surface area contributed by atoms with Crippen molar-refractivity contribution in [2.45, 2.75) is 12.3 Å². The smallest absolute Gasteiger partial charge is 0.257 e. The molecule has 0 aliphatic heterocycles. The van der Waals surface area contributed by atoms with Crippen molar-refractivity contribution in [3.05, 3.63) is 96.1 Å². The highest BCUT2D eigenvalue weighted by atomic mass is 32.1. The van der Waals surface area contributed by atoms with Gasteiger partial charge in [0.05, 0.1) is 0 Å². The quantitative estimate of drug-likeness (QED) is 0.448. The van der Waals surface area contributed by atoms with Crippen molar-refractivity contribution in [3.8, 4) is 11.1 Å². The van der Waals surface area contributed by atoms with Gasteiger partial charge in [-0.2, -0.15) is 0 Å². The number of hydrogen-bond acceptors (Lipinski definition) is 3. The minimum Gasteiger partial charge on any atom is -0.298 e. The van der Waals surface area contributed by atoms with E-state index in [1.54, 1.807) is 12.1 Å². The highest BCUT2D eigenvalue weighted by Gasteiger charge is 2.43. The Labute approximate surface area is 180 Å². The van der Waals surface area contributed by atoms with Crippen LogP contribution in [0.1, 0.15) is 28.3 Å². The molecule has 1 fully saturated rings. The zero-order chi connectivity index (χ0) is 20.9. The van der Waals surface area contributed by atoms with Crippen LogP contribution < -0.4 is 16.2 Å². The summed E-state index contributed by atoms with van der Waals surface area (Å²) in [4.78, 5) is 24.7. The van der Waals surface area contributed by atoms with Gasteiger partial charge in [-0.1, -0.05) is 72.8 Å². The van der Waals surface area contributed by atoms with E-state index in [-0.39, 0.29) is 28.8 Å². The number of nitrogens with one attached hydrogen (secondary N) is 3. The second-order valence-electron chi connectivity index (χ2n) is 7.20. The number of thiocarbonyl (C=S) groups is 1. The van der Waals surface area contributed by atoms with E-state index >= 15 is 0 Å². The predicted molar refractivity (Wildman–Crippen MR) is 121 cm³/mol. The molecular weight excluding hydrogens is 394 g/mol. The Bertz CT molecular complexity index is 1050. The Morgan fingerprint density at radius 1 is 0.767 bits per heavy atom. The molecule has 6 heteroatoms. The third-order valence-corrected chi connectivity index (χ3v) is 5.34. The third kappa shape index (κ3) is 4.72. The van der Waals surface area contributed by atoms with Gasteiger partial charge >= 0.3 is 0 Å². The first-order valence-corrected chi connectivity index (χ1v) is 10.1. The van der Waals surface area contributed by atoms with E-state index in [0.717, 1.165) is 23.1 Å². The molecule has 2 atom stereocenters. The van der Waals surface area contributed by atoms with Crippen molar-refractivity contribution in [2.75, 3.05) is 0 Å². The van der Waals surface area contributed by atoms with Gasteiger partial charge in [0.25, 0.3) is 5.91 Å². The third-order valence-electron chi connectivity index (χ3n) is 5.14. The molecule has 150 valence electrons. The lowest BCUT2D eigenvalue weighted by atomic mass is 10.0. The van der Waals surface area contributed by atoms with Crippen LogP contribution in [0.5, 0.6) is 0 Å². The van der Waals surface area contributed by atoms with Crippen LogP contribution in [0.25, 0.3) is 11.1 Å². The van der Waals surface area contributed by atoms with Crippen LogP contribution in [0.3, 0.4) is 0 Å². The number of carbonyl (C=O) groups is 2. The van der Waals surface area contributed by atoms with Gasteiger partial charge in [0.2, 0.25) is 5.91 Å². The van der Waals surface area contributed by atoms with Crippen molar-refractivity contribution in [3.63, 3.8) is 0 Å². The van der Waals surface area contributed by atoms with Crippen molar-refractivity contribution < 1.29 is 9.59 Å². The first-order chi connectivity index (χ1) is 14.6. The maximum absolute atomic E-state index is 12.4. The highest BCUT2D eigenvalue weighted by molar-refractivity contribution is 7.80. The Morgan fingerprint density at radius 2 is 1.37 bits per heavy atom. The summed E-state index contributed by atoms with van der Waals surface area (Å²) in [5.74, 6) is -0.314. The van der Waals surface area contributed by atoms with Gasteiger partial charge in [0, 0.05) is 11.5 Å². The summed E-state index contributed by atoms with van der Waals surface area (Å²) in [5.41, 5.74) is 8.95. The van der Waals surface area contributed by atoms with Crippen molar-refractivity contribution >= 4 is 29.1 Å². The standard InChI is InChI=1S/C24H21N3O2S/c28-22(19-13-11-17(12-14-19)16-7-3-1-4-8-16)25-24(30)27-26-23(29)21-15-20(21)18-9-5-2-6-10-18/h1-14,20-21H,15H2,(H,26,29)(H2,25,27,28,30)/t20-,21-/m1/s1. The van der Waals surface area contributed by atoms with Crippen LogP contribution >= 0.6 is 12.2 Å². The zero-order valence-corrected chi connectivity index (χ0v) is 17.0. The van der Waals surface area contributed by atoms with Crippen LogP contribution in [0.4, 0.5) is 0 Å². The monoisotopic (exact) mass is 415 g/mol. The average molecular weight is 416 g/mol. The average Bonchev–Trinajstić information content (AvgIpc) is 3.60. The van der Waals surface area contributed by atoms with Crippen LogP contribution in [0.15, 0.2) is 84.9 Å². The summed E-state index contributed by atoms with van der Waals surface area (Å²) in [6.07, 6.45) is 0.810. The van der Waals surface area contributed by atoms with E-state index in [9.17, 15) is 9.59 Å². The fourth-order valence-electron chi connectivity index (χ4n) is 3.42. The molecule has 1 saturated carbocycles. The van der Waals surface area contributed by atoms with Gasteiger partial charge in [-0.05, 0) is 53.4 Å². The molecule has 3 aromatic carbocycles. The molecule has 0 saturated heterocycles. The lowest BCUT2D eigenvalue weighted by Gasteiger charge is -2.11. The molecule has 0 bridgehead atoms. The largest absolute Gasteiger partial charge is 0.298 e. The van der Waals surface area contributed by atoms with Gasteiger partial charge in [0.15, 0.2) is 5.11 Å². The lowest BCUT2D eigenvalue weighted by molar-refractivity contribution is -0.123. The molecule has 30 heavy (non-hydrogen) atoms. The Hall–Kier alpha value is -3.51. The lowest BCUT2D eigenvalue weighted by Crippen LogP contribution is -2.49. The van der Waals surface area contributed by atoms with E-state index in [1.165, 1.54) is 0 Å². The predicted octanol–water partition coefficient (Wildman–Crippen LogP) is 3.79. The maximum atomic E-state index is 12.4. The summed E-state index contributed by atoms with van der Waals surface area (Å²) in [5, 5.41) is 2.63. The Kier molecular flexibility index (Phi) is 5.86. The summed E-state index contributed by atoms with van der Waals surface area (Å²) >= 11 is 5.12. The molecule has 3 aromatic rings.